The number of nitrogens with one attached hydrogen (secondary N) is 1. The number of nitrogens with zero attached hydrogens (tertiary/aromatic N) is 2. The molecule has 1 aromatic heterocycles. The van der Waals surface area contributed by atoms with Gasteiger partial charge in [-0.25, -0.2) is 4.98 Å². The first kappa shape index (κ1) is 22.2. The summed E-state index contributed by atoms with van der Waals surface area (Å²) in [5.74, 6) is 0. The normalized spacial score (nSPS) is 15.0. The topological polar surface area (TPSA) is 28.2 Å². The van der Waals surface area contributed by atoms with Crippen LogP contribution in [0.2, 0.25) is 0 Å². The van der Waals surface area contributed by atoms with Crippen molar-refractivity contribution in [2.45, 2.75) is 26.3 Å². The average Bonchev–Trinajstić information content (AvgIpc) is 3.35. The van der Waals surface area contributed by atoms with E-state index in [0.29, 0.717) is 0 Å². The van der Waals surface area contributed by atoms with Crippen LogP contribution in [-0.4, -0.2) is 36.1 Å². The average molecular weight is 424 g/mol. The third kappa shape index (κ3) is 6.49. The Morgan fingerprint density at radius 1 is 0.938 bits per heavy atom. The van der Waals surface area contributed by atoms with Crippen LogP contribution in [0, 0.1) is 6.92 Å². The van der Waals surface area contributed by atoms with Gasteiger partial charge in [-0.2, -0.15) is 0 Å². The monoisotopic (exact) mass is 423 g/mol. The van der Waals surface area contributed by atoms with E-state index in [4.69, 9.17) is 4.98 Å². The molecule has 0 radical (unpaired) electrons. The molecule has 0 amide bonds. The predicted molar refractivity (Wildman–Crippen MR) is 135 cm³/mol. The van der Waals surface area contributed by atoms with E-state index in [9.17, 15) is 0 Å². The van der Waals surface area contributed by atoms with E-state index in [1.54, 1.807) is 0 Å². The zero-order valence-corrected chi connectivity index (χ0v) is 19.0. The second-order valence-electron chi connectivity index (χ2n) is 8.46. The third-order valence-corrected chi connectivity index (χ3v) is 5.88. The van der Waals surface area contributed by atoms with Crippen LogP contribution in [0.1, 0.15) is 40.9 Å². The van der Waals surface area contributed by atoms with Gasteiger partial charge in [-0.15, -0.1) is 0 Å². The zero-order valence-electron chi connectivity index (χ0n) is 19.0. The summed E-state index contributed by atoms with van der Waals surface area (Å²) in [4.78, 5) is 7.50. The molecule has 1 fully saturated rings. The van der Waals surface area contributed by atoms with Crippen LogP contribution in [-0.2, 0) is 6.54 Å². The van der Waals surface area contributed by atoms with Crippen molar-refractivity contribution >= 4 is 11.6 Å². The van der Waals surface area contributed by atoms with Crippen LogP contribution in [0.5, 0.6) is 0 Å². The third-order valence-electron chi connectivity index (χ3n) is 5.88. The molecule has 2 aromatic carbocycles. The molecule has 1 saturated heterocycles. The molecule has 0 saturated carbocycles. The highest BCUT2D eigenvalue weighted by Crippen LogP contribution is 2.23. The molecule has 1 aliphatic rings. The molecule has 0 unspecified atom stereocenters. The van der Waals surface area contributed by atoms with Crippen LogP contribution in [0.25, 0.3) is 11.6 Å². The van der Waals surface area contributed by atoms with Crippen molar-refractivity contribution in [2.75, 3.05) is 26.2 Å². The van der Waals surface area contributed by atoms with Gasteiger partial charge in [0.05, 0.1) is 11.4 Å². The van der Waals surface area contributed by atoms with Crippen molar-refractivity contribution in [2.24, 2.45) is 0 Å². The summed E-state index contributed by atoms with van der Waals surface area (Å²) in [5.41, 5.74) is 7.05. The van der Waals surface area contributed by atoms with Gasteiger partial charge in [0.2, 0.25) is 0 Å². The molecule has 3 aromatic rings. The van der Waals surface area contributed by atoms with E-state index >= 15 is 0 Å². The maximum Gasteiger partial charge on any atom is 0.0712 e. The van der Waals surface area contributed by atoms with Gasteiger partial charge in [0, 0.05) is 25.2 Å². The molecule has 3 nitrogen and oxygen atoms in total. The summed E-state index contributed by atoms with van der Waals surface area (Å²) in [5, 5.41) is 3.46. The Labute approximate surface area is 192 Å². The SMILES string of the molecule is Cc1ccc(/C(=C\CN2CCCC2)c2cccc(/C=C/CNCc3ccccc3)n2)cc1. The quantitative estimate of drug-likeness (QED) is 0.446. The first-order valence-corrected chi connectivity index (χ1v) is 11.7. The van der Waals surface area contributed by atoms with Crippen molar-refractivity contribution < 1.29 is 0 Å². The molecule has 4 rings (SSSR count). The van der Waals surface area contributed by atoms with E-state index in [2.05, 4.69) is 102 Å². The van der Waals surface area contributed by atoms with Crippen molar-refractivity contribution in [3.8, 4) is 0 Å². The van der Waals surface area contributed by atoms with E-state index in [1.807, 2.05) is 6.07 Å². The van der Waals surface area contributed by atoms with E-state index in [1.165, 1.54) is 48.2 Å². The van der Waals surface area contributed by atoms with E-state index in [-0.39, 0.29) is 0 Å². The Hall–Kier alpha value is -3.01. The molecule has 2 heterocycles. The van der Waals surface area contributed by atoms with Gasteiger partial charge >= 0.3 is 0 Å². The minimum atomic E-state index is 0.816. The molecular formula is C29H33N3. The van der Waals surface area contributed by atoms with E-state index in [0.717, 1.165) is 31.0 Å². The van der Waals surface area contributed by atoms with Gasteiger partial charge < -0.3 is 5.32 Å². The van der Waals surface area contributed by atoms with Crippen LogP contribution in [0.4, 0.5) is 0 Å². The summed E-state index contributed by atoms with van der Waals surface area (Å²) in [6.07, 6.45) is 9.23. The van der Waals surface area contributed by atoms with Crippen molar-refractivity contribution in [3.05, 3.63) is 113 Å². The van der Waals surface area contributed by atoms with Crippen molar-refractivity contribution in [3.63, 3.8) is 0 Å². The zero-order chi connectivity index (χ0) is 22.0. The summed E-state index contributed by atoms with van der Waals surface area (Å²) in [7, 11) is 0. The second-order valence-corrected chi connectivity index (χ2v) is 8.46. The summed E-state index contributed by atoms with van der Waals surface area (Å²) in [6.45, 7) is 7.20. The highest BCUT2D eigenvalue weighted by molar-refractivity contribution is 5.78. The minimum Gasteiger partial charge on any atom is -0.309 e. The number of rotatable bonds is 9. The molecule has 1 N–H and O–H groups in total. The number of hydrogen-bond donors (Lipinski definition) is 1. The number of hydrogen-bond acceptors (Lipinski definition) is 3. The Bertz CT molecular complexity index is 1030. The van der Waals surface area contributed by atoms with Crippen LogP contribution in [0.15, 0.2) is 84.9 Å². The van der Waals surface area contributed by atoms with E-state index < -0.39 is 0 Å². The number of likely N-dealkylation sites (tertiary alicyclic amines) is 1. The molecule has 0 bridgehead atoms. The summed E-state index contributed by atoms with van der Waals surface area (Å²) >= 11 is 0. The Morgan fingerprint density at radius 2 is 1.72 bits per heavy atom. The molecule has 0 spiro atoms. The maximum absolute atomic E-state index is 4.97. The lowest BCUT2D eigenvalue weighted by molar-refractivity contribution is 0.377. The first-order chi connectivity index (χ1) is 15.8. The highest BCUT2D eigenvalue weighted by atomic mass is 15.1. The lowest BCUT2D eigenvalue weighted by Crippen LogP contribution is -2.19. The molecule has 164 valence electrons. The van der Waals surface area contributed by atoms with Gasteiger partial charge in [-0.05, 0) is 62.2 Å². The molecule has 1 aliphatic heterocycles. The lowest BCUT2D eigenvalue weighted by atomic mass is 10.00. The fourth-order valence-electron chi connectivity index (χ4n) is 4.06. The number of aryl methyl sites for hydroxylation is 1. The maximum atomic E-state index is 4.97. The highest BCUT2D eigenvalue weighted by Gasteiger charge is 2.12. The standard InChI is InChI=1S/C29H33N3/c1-24-14-16-26(17-15-24)28(18-22-32-20-5-6-21-32)29-13-7-11-27(31-29)12-8-19-30-23-25-9-3-2-4-10-25/h2-4,7-18,30H,5-6,19-23H2,1H3/b12-8+,28-18+. The number of aromatic nitrogens is 1. The Balaban J connectivity index is 1.45. The van der Waals surface area contributed by atoms with Gasteiger partial charge in [0.1, 0.15) is 0 Å². The van der Waals surface area contributed by atoms with Crippen molar-refractivity contribution in [1.82, 2.24) is 15.2 Å². The smallest absolute Gasteiger partial charge is 0.0712 e. The fourth-order valence-corrected chi connectivity index (χ4v) is 4.06. The summed E-state index contributed by atoms with van der Waals surface area (Å²) < 4.78 is 0. The molecule has 3 heteroatoms. The van der Waals surface area contributed by atoms with Crippen LogP contribution >= 0.6 is 0 Å². The largest absolute Gasteiger partial charge is 0.309 e. The minimum absolute atomic E-state index is 0.816. The van der Waals surface area contributed by atoms with Gasteiger partial charge in [-0.3, -0.25) is 4.90 Å². The van der Waals surface area contributed by atoms with Crippen LogP contribution < -0.4 is 5.32 Å². The molecular weight excluding hydrogens is 390 g/mol. The lowest BCUT2D eigenvalue weighted by Gasteiger charge is -2.14. The van der Waals surface area contributed by atoms with Crippen molar-refractivity contribution in [1.29, 1.82) is 0 Å². The first-order valence-electron chi connectivity index (χ1n) is 11.7. The Kier molecular flexibility index (Phi) is 8.02. The second kappa shape index (κ2) is 11.6. The number of benzene rings is 2. The molecule has 32 heavy (non-hydrogen) atoms. The van der Waals surface area contributed by atoms with Crippen LogP contribution in [0.3, 0.4) is 0 Å². The summed E-state index contributed by atoms with van der Waals surface area (Å²) in [6, 6.07) is 25.6. The fraction of sp³-hybridized carbons (Fsp3) is 0.276. The molecule has 0 aliphatic carbocycles. The van der Waals surface area contributed by atoms with Gasteiger partial charge in [0.15, 0.2) is 0 Å². The van der Waals surface area contributed by atoms with Gasteiger partial charge in [0.25, 0.3) is 0 Å². The predicted octanol–water partition coefficient (Wildman–Crippen LogP) is 5.72. The molecule has 0 atom stereocenters. The Morgan fingerprint density at radius 3 is 2.50 bits per heavy atom. The van der Waals surface area contributed by atoms with Gasteiger partial charge in [-0.1, -0.05) is 78.4 Å². The number of pyridine rings is 1.